The Balaban J connectivity index is 0.00000220. The summed E-state index contributed by atoms with van der Waals surface area (Å²) in [6.45, 7) is 4.22. The topological polar surface area (TPSA) is 36.4 Å². The van der Waals surface area contributed by atoms with E-state index in [-0.39, 0.29) is 41.8 Å². The molecule has 0 amide bonds. The van der Waals surface area contributed by atoms with Gasteiger partial charge in [0.05, 0.1) is 0 Å². The Hall–Kier alpha value is -0.560. The van der Waals surface area contributed by atoms with Gasteiger partial charge in [-0.25, -0.2) is 4.39 Å². The molecule has 1 saturated carbocycles. The molecule has 1 aliphatic rings. The third-order valence-corrected chi connectivity index (χ3v) is 4.03. The maximum absolute atomic E-state index is 13.8. The van der Waals surface area contributed by atoms with E-state index in [0.29, 0.717) is 16.6 Å². The Kier molecular flexibility index (Phi) is 7.20. The normalized spacial score (nSPS) is 22.2. The monoisotopic (exact) mass is 425 g/mol. The van der Waals surface area contributed by atoms with Crippen LogP contribution in [0.1, 0.15) is 38.2 Å². The van der Waals surface area contributed by atoms with E-state index in [9.17, 15) is 4.39 Å². The summed E-state index contributed by atoms with van der Waals surface area (Å²) < 4.78 is 13.8. The third-order valence-electron chi connectivity index (χ3n) is 3.70. The van der Waals surface area contributed by atoms with E-state index in [4.69, 9.17) is 11.6 Å². The molecule has 0 aliphatic heterocycles. The number of nitrogens with zero attached hydrogens (tertiary/aromatic N) is 1. The Morgan fingerprint density at radius 3 is 2.81 bits per heavy atom. The van der Waals surface area contributed by atoms with Crippen molar-refractivity contribution in [2.45, 2.75) is 44.7 Å². The molecule has 118 valence electrons. The van der Waals surface area contributed by atoms with Crippen molar-refractivity contribution < 1.29 is 4.39 Å². The minimum Gasteiger partial charge on any atom is -0.354 e. The first-order chi connectivity index (χ1) is 9.56. The van der Waals surface area contributed by atoms with E-state index in [0.717, 1.165) is 18.8 Å². The number of nitrogens with one attached hydrogen (secondary N) is 2. The van der Waals surface area contributed by atoms with Crippen molar-refractivity contribution in [1.82, 2.24) is 10.6 Å². The van der Waals surface area contributed by atoms with Gasteiger partial charge in [0, 0.05) is 35.6 Å². The van der Waals surface area contributed by atoms with Gasteiger partial charge < -0.3 is 10.6 Å². The number of hydrogen-bond donors (Lipinski definition) is 2. The highest BCUT2D eigenvalue weighted by atomic mass is 127. The van der Waals surface area contributed by atoms with Gasteiger partial charge in [-0.3, -0.25) is 4.99 Å². The average molecular weight is 426 g/mol. The lowest BCUT2D eigenvalue weighted by atomic mass is 10.1. The number of aliphatic imine (C=N–C) groups is 1. The van der Waals surface area contributed by atoms with Crippen LogP contribution >= 0.6 is 35.6 Å². The molecule has 0 aromatic heterocycles. The number of guanidine groups is 1. The van der Waals surface area contributed by atoms with Crippen LogP contribution in [0.2, 0.25) is 5.02 Å². The molecule has 6 heteroatoms. The predicted molar refractivity (Wildman–Crippen MR) is 97.4 cm³/mol. The van der Waals surface area contributed by atoms with E-state index in [1.54, 1.807) is 19.2 Å². The van der Waals surface area contributed by atoms with Crippen molar-refractivity contribution >= 4 is 41.5 Å². The molecule has 1 fully saturated rings. The van der Waals surface area contributed by atoms with Crippen molar-refractivity contribution in [2.75, 3.05) is 7.05 Å². The largest absolute Gasteiger partial charge is 0.354 e. The summed E-state index contributed by atoms with van der Waals surface area (Å²) in [5.41, 5.74) is 0.616. The lowest BCUT2D eigenvalue weighted by Gasteiger charge is -2.16. The number of hydrogen-bond acceptors (Lipinski definition) is 1. The molecule has 0 saturated heterocycles. The predicted octanol–water partition coefficient (Wildman–Crippen LogP) is 3.92. The molecule has 1 aromatic rings. The SMILES string of the molecule is CCC(C)NC(=NC)NC1CC1c1c(F)cccc1Cl.I. The Morgan fingerprint density at radius 1 is 1.52 bits per heavy atom. The molecule has 1 aromatic carbocycles. The Labute approximate surface area is 147 Å². The third kappa shape index (κ3) is 4.71. The lowest BCUT2D eigenvalue weighted by molar-refractivity contribution is 0.604. The van der Waals surface area contributed by atoms with E-state index in [1.807, 2.05) is 0 Å². The van der Waals surface area contributed by atoms with Gasteiger partial charge in [-0.05, 0) is 31.9 Å². The molecule has 2 rings (SSSR count). The highest BCUT2D eigenvalue weighted by molar-refractivity contribution is 14.0. The first-order valence-corrected chi connectivity index (χ1v) is 7.38. The molecular formula is C15H22ClFIN3. The maximum Gasteiger partial charge on any atom is 0.191 e. The smallest absolute Gasteiger partial charge is 0.191 e. The van der Waals surface area contributed by atoms with Gasteiger partial charge in [-0.2, -0.15) is 0 Å². The molecule has 0 heterocycles. The van der Waals surface area contributed by atoms with Gasteiger partial charge in [0.15, 0.2) is 5.96 Å². The van der Waals surface area contributed by atoms with Crippen LogP contribution in [0.25, 0.3) is 0 Å². The van der Waals surface area contributed by atoms with E-state index < -0.39 is 0 Å². The molecule has 1 aliphatic carbocycles. The van der Waals surface area contributed by atoms with Gasteiger partial charge in [-0.1, -0.05) is 24.6 Å². The van der Waals surface area contributed by atoms with Crippen LogP contribution in [-0.4, -0.2) is 25.1 Å². The fourth-order valence-corrected chi connectivity index (χ4v) is 2.52. The lowest BCUT2D eigenvalue weighted by Crippen LogP contribution is -2.43. The fourth-order valence-electron chi connectivity index (χ4n) is 2.22. The van der Waals surface area contributed by atoms with Gasteiger partial charge >= 0.3 is 0 Å². The maximum atomic E-state index is 13.8. The summed E-state index contributed by atoms with van der Waals surface area (Å²) in [4.78, 5) is 4.20. The van der Waals surface area contributed by atoms with Crippen molar-refractivity contribution in [1.29, 1.82) is 0 Å². The Bertz CT molecular complexity index is 489. The summed E-state index contributed by atoms with van der Waals surface area (Å²) >= 11 is 6.09. The van der Waals surface area contributed by atoms with Gasteiger partial charge in [0.2, 0.25) is 0 Å². The van der Waals surface area contributed by atoms with Crippen LogP contribution in [0.5, 0.6) is 0 Å². The zero-order valence-corrected chi connectivity index (χ0v) is 15.6. The Morgan fingerprint density at radius 2 is 2.24 bits per heavy atom. The molecular weight excluding hydrogens is 404 g/mol. The van der Waals surface area contributed by atoms with E-state index >= 15 is 0 Å². The average Bonchev–Trinajstić information content (AvgIpc) is 3.16. The zero-order valence-electron chi connectivity index (χ0n) is 12.5. The van der Waals surface area contributed by atoms with Gasteiger partial charge in [0.1, 0.15) is 5.82 Å². The molecule has 0 bridgehead atoms. The fraction of sp³-hybridized carbons (Fsp3) is 0.533. The van der Waals surface area contributed by atoms with E-state index in [1.165, 1.54) is 6.07 Å². The molecule has 0 radical (unpaired) electrons. The summed E-state index contributed by atoms with van der Waals surface area (Å²) in [5, 5.41) is 7.13. The molecule has 3 atom stereocenters. The number of benzene rings is 1. The highest BCUT2D eigenvalue weighted by Gasteiger charge is 2.41. The molecule has 0 spiro atoms. The number of rotatable bonds is 4. The second-order valence-corrected chi connectivity index (χ2v) is 5.66. The van der Waals surface area contributed by atoms with Crippen LogP contribution in [0.4, 0.5) is 4.39 Å². The van der Waals surface area contributed by atoms with Crippen molar-refractivity contribution in [3.8, 4) is 0 Å². The first kappa shape index (κ1) is 18.5. The summed E-state index contributed by atoms with van der Waals surface area (Å²) in [6, 6.07) is 5.38. The van der Waals surface area contributed by atoms with Gasteiger partial charge in [-0.15, -0.1) is 24.0 Å². The van der Waals surface area contributed by atoms with Crippen LogP contribution in [-0.2, 0) is 0 Å². The summed E-state index contributed by atoms with van der Waals surface area (Å²) in [7, 11) is 1.74. The number of halogens is 3. The quantitative estimate of drug-likeness (QED) is 0.436. The van der Waals surface area contributed by atoms with Gasteiger partial charge in [0.25, 0.3) is 0 Å². The summed E-state index contributed by atoms with van der Waals surface area (Å²) in [5.74, 6) is 0.662. The van der Waals surface area contributed by atoms with Crippen LogP contribution in [0, 0.1) is 5.82 Å². The zero-order chi connectivity index (χ0) is 14.7. The minimum absolute atomic E-state index is 0. The molecule has 21 heavy (non-hydrogen) atoms. The van der Waals surface area contributed by atoms with E-state index in [2.05, 4.69) is 29.5 Å². The second-order valence-electron chi connectivity index (χ2n) is 5.25. The van der Waals surface area contributed by atoms with Crippen molar-refractivity contribution in [2.24, 2.45) is 4.99 Å². The molecule has 3 unspecified atom stereocenters. The molecule has 2 N–H and O–H groups in total. The molecule has 3 nitrogen and oxygen atoms in total. The van der Waals surface area contributed by atoms with Crippen molar-refractivity contribution in [3.63, 3.8) is 0 Å². The van der Waals surface area contributed by atoms with Crippen LogP contribution in [0.3, 0.4) is 0 Å². The van der Waals surface area contributed by atoms with Crippen LogP contribution in [0.15, 0.2) is 23.2 Å². The highest BCUT2D eigenvalue weighted by Crippen LogP contribution is 2.44. The standard InChI is InChI=1S/C15H21ClFN3.HI/c1-4-9(2)19-15(18-3)20-13-8-10(13)14-11(16)6-5-7-12(14)17;/h5-7,9-10,13H,4,8H2,1-3H3,(H2,18,19,20);1H. The minimum atomic E-state index is -0.225. The van der Waals surface area contributed by atoms with Crippen LogP contribution < -0.4 is 10.6 Å². The second kappa shape index (κ2) is 8.17. The summed E-state index contributed by atoms with van der Waals surface area (Å²) in [6.07, 6.45) is 1.90. The first-order valence-electron chi connectivity index (χ1n) is 7.00. The van der Waals surface area contributed by atoms with Crippen molar-refractivity contribution in [3.05, 3.63) is 34.6 Å².